The highest BCUT2D eigenvalue weighted by Crippen LogP contribution is 2.30. The van der Waals surface area contributed by atoms with E-state index in [0.29, 0.717) is 37.6 Å². The highest BCUT2D eigenvalue weighted by atomic mass is 19.4. The van der Waals surface area contributed by atoms with E-state index < -0.39 is 17.8 Å². The quantitative estimate of drug-likeness (QED) is 0.227. The van der Waals surface area contributed by atoms with E-state index in [9.17, 15) is 27.6 Å². The number of hydrogen-bond donors (Lipinski definition) is 5. The Hall–Kier alpha value is -3.68. The van der Waals surface area contributed by atoms with Gasteiger partial charge in [-0.15, -0.1) is 0 Å². The number of urea groups is 1. The SMILES string of the molecule is NNC(=O)CN1CCN(CC(=O)Nc2ccc(NC(=O)Nc3cccc(C(F)(F)F)c3)cc2)CC1. The van der Waals surface area contributed by atoms with Crippen molar-refractivity contribution in [2.75, 3.05) is 55.2 Å². The van der Waals surface area contributed by atoms with E-state index in [2.05, 4.69) is 21.4 Å². The Morgan fingerprint density at radius 3 is 1.83 bits per heavy atom. The number of nitrogens with two attached hydrogens (primary N) is 1. The Morgan fingerprint density at radius 1 is 0.771 bits per heavy atom. The largest absolute Gasteiger partial charge is 0.416 e. The van der Waals surface area contributed by atoms with Crippen LogP contribution in [-0.2, 0) is 15.8 Å². The van der Waals surface area contributed by atoms with Crippen LogP contribution in [-0.4, -0.2) is 66.9 Å². The fourth-order valence-electron chi connectivity index (χ4n) is 3.46. The number of hydrazine groups is 1. The number of hydrogen-bond acceptors (Lipinski definition) is 6. The zero-order chi connectivity index (χ0) is 25.4. The van der Waals surface area contributed by atoms with Crippen molar-refractivity contribution in [3.05, 3.63) is 54.1 Å². The van der Waals surface area contributed by atoms with Crippen LogP contribution >= 0.6 is 0 Å². The first kappa shape index (κ1) is 25.9. The van der Waals surface area contributed by atoms with Gasteiger partial charge in [0.25, 0.3) is 0 Å². The van der Waals surface area contributed by atoms with Crippen molar-refractivity contribution < 1.29 is 27.6 Å². The van der Waals surface area contributed by atoms with Gasteiger partial charge in [-0.25, -0.2) is 10.6 Å². The maximum Gasteiger partial charge on any atom is 0.416 e. The maximum absolute atomic E-state index is 12.8. The van der Waals surface area contributed by atoms with Crippen LogP contribution in [0.2, 0.25) is 0 Å². The van der Waals surface area contributed by atoms with Crippen LogP contribution in [0.3, 0.4) is 0 Å². The van der Waals surface area contributed by atoms with Crippen LogP contribution in [0.1, 0.15) is 5.56 Å². The average molecular weight is 493 g/mol. The van der Waals surface area contributed by atoms with Gasteiger partial charge in [0.2, 0.25) is 11.8 Å². The van der Waals surface area contributed by atoms with Gasteiger partial charge in [0, 0.05) is 43.2 Å². The van der Waals surface area contributed by atoms with Crippen LogP contribution in [0, 0.1) is 0 Å². The lowest BCUT2D eigenvalue weighted by Gasteiger charge is -2.33. The molecule has 0 aromatic heterocycles. The predicted molar refractivity (Wildman–Crippen MR) is 124 cm³/mol. The number of nitrogens with one attached hydrogen (secondary N) is 4. The maximum atomic E-state index is 12.8. The number of nitrogens with zero attached hydrogens (tertiary/aromatic N) is 2. The first-order valence-corrected chi connectivity index (χ1v) is 10.7. The molecule has 1 aliphatic heterocycles. The molecule has 0 aliphatic carbocycles. The lowest BCUT2D eigenvalue weighted by atomic mass is 10.2. The van der Waals surface area contributed by atoms with Gasteiger partial charge in [0.05, 0.1) is 18.7 Å². The van der Waals surface area contributed by atoms with Gasteiger partial charge in [-0.05, 0) is 42.5 Å². The molecule has 1 heterocycles. The van der Waals surface area contributed by atoms with Crippen LogP contribution in [0.4, 0.5) is 35.0 Å². The van der Waals surface area contributed by atoms with Crippen LogP contribution in [0.15, 0.2) is 48.5 Å². The Morgan fingerprint density at radius 2 is 1.29 bits per heavy atom. The van der Waals surface area contributed by atoms with Crippen molar-refractivity contribution in [3.63, 3.8) is 0 Å². The molecule has 13 heteroatoms. The van der Waals surface area contributed by atoms with Gasteiger partial charge in [-0.2, -0.15) is 13.2 Å². The standard InChI is InChI=1S/C22H26F3N7O3/c23-22(24,25)15-2-1-3-18(12-15)29-21(35)28-17-6-4-16(5-7-17)27-19(33)13-31-8-10-32(11-9-31)14-20(34)30-26/h1-7,12H,8-11,13-14,26H2,(H,27,33)(H,30,34)(H2,28,29,35). The van der Waals surface area contributed by atoms with Gasteiger partial charge in [0.1, 0.15) is 0 Å². The third-order valence-electron chi connectivity index (χ3n) is 5.23. The number of carbonyl (C=O) groups is 3. The second-order valence-corrected chi connectivity index (χ2v) is 7.90. The third kappa shape index (κ3) is 8.24. The summed E-state index contributed by atoms with van der Waals surface area (Å²) < 4.78 is 38.4. The molecule has 1 saturated heterocycles. The molecule has 2 aromatic carbocycles. The molecule has 0 spiro atoms. The molecule has 0 radical (unpaired) electrons. The summed E-state index contributed by atoms with van der Waals surface area (Å²) >= 11 is 0. The van der Waals surface area contributed by atoms with E-state index >= 15 is 0 Å². The second-order valence-electron chi connectivity index (χ2n) is 7.90. The molecule has 1 fully saturated rings. The normalized spacial score (nSPS) is 14.7. The fraction of sp³-hybridized carbons (Fsp3) is 0.318. The number of carbonyl (C=O) groups excluding carboxylic acids is 3. The zero-order valence-electron chi connectivity index (χ0n) is 18.7. The van der Waals surface area contributed by atoms with E-state index in [1.807, 2.05) is 9.80 Å². The average Bonchev–Trinajstić information content (AvgIpc) is 2.81. The van der Waals surface area contributed by atoms with Crippen LogP contribution in [0.5, 0.6) is 0 Å². The molecule has 3 rings (SSSR count). The van der Waals surface area contributed by atoms with Gasteiger partial charge in [-0.3, -0.25) is 24.8 Å². The molecule has 1 aliphatic rings. The minimum absolute atomic E-state index is 0.00434. The van der Waals surface area contributed by atoms with Crippen molar-refractivity contribution in [2.45, 2.75) is 6.18 Å². The molecule has 10 nitrogen and oxygen atoms in total. The minimum Gasteiger partial charge on any atom is -0.325 e. The first-order chi connectivity index (χ1) is 16.6. The van der Waals surface area contributed by atoms with Crippen LogP contribution in [0.25, 0.3) is 0 Å². The molecule has 2 aromatic rings. The summed E-state index contributed by atoms with van der Waals surface area (Å²) in [6.07, 6.45) is -4.51. The second kappa shape index (κ2) is 11.6. The van der Waals surface area contributed by atoms with Crippen LogP contribution < -0.4 is 27.2 Å². The number of alkyl halides is 3. The molecule has 188 valence electrons. The summed E-state index contributed by atoms with van der Waals surface area (Å²) in [6, 6.07) is 9.92. The number of anilines is 3. The number of halogens is 3. The van der Waals surface area contributed by atoms with E-state index in [0.717, 1.165) is 12.1 Å². The van der Waals surface area contributed by atoms with E-state index in [1.165, 1.54) is 12.1 Å². The Kier molecular flexibility index (Phi) is 8.63. The van der Waals surface area contributed by atoms with Crippen molar-refractivity contribution in [3.8, 4) is 0 Å². The lowest BCUT2D eigenvalue weighted by molar-refractivity contribution is -0.137. The van der Waals surface area contributed by atoms with Gasteiger partial charge >= 0.3 is 12.2 Å². The molecule has 6 N–H and O–H groups in total. The number of rotatable bonds is 7. The Bertz CT molecular complexity index is 1040. The topological polar surface area (TPSA) is 132 Å². The monoisotopic (exact) mass is 493 g/mol. The smallest absolute Gasteiger partial charge is 0.325 e. The number of benzene rings is 2. The molecule has 0 bridgehead atoms. The molecular weight excluding hydrogens is 467 g/mol. The first-order valence-electron chi connectivity index (χ1n) is 10.7. The summed E-state index contributed by atoms with van der Waals surface area (Å²) in [4.78, 5) is 39.7. The fourth-order valence-corrected chi connectivity index (χ4v) is 3.46. The predicted octanol–water partition coefficient (Wildman–Crippen LogP) is 1.90. The van der Waals surface area contributed by atoms with Gasteiger partial charge in [0.15, 0.2) is 0 Å². The van der Waals surface area contributed by atoms with Crippen molar-refractivity contribution in [1.29, 1.82) is 0 Å². The molecule has 0 unspecified atom stereocenters. The molecule has 0 atom stereocenters. The molecular formula is C22H26F3N7O3. The summed E-state index contributed by atoms with van der Waals surface area (Å²) in [5.74, 6) is 4.62. The minimum atomic E-state index is -4.51. The summed E-state index contributed by atoms with van der Waals surface area (Å²) in [7, 11) is 0. The van der Waals surface area contributed by atoms with E-state index in [4.69, 9.17) is 5.84 Å². The highest BCUT2D eigenvalue weighted by molar-refractivity contribution is 6.00. The van der Waals surface area contributed by atoms with E-state index in [-0.39, 0.29) is 30.6 Å². The summed E-state index contributed by atoms with van der Waals surface area (Å²) in [5, 5.41) is 7.65. The number of amides is 4. The lowest BCUT2D eigenvalue weighted by Crippen LogP contribution is -2.51. The van der Waals surface area contributed by atoms with Crippen molar-refractivity contribution >= 4 is 34.9 Å². The summed E-state index contributed by atoms with van der Waals surface area (Å²) in [6.45, 7) is 2.96. The zero-order valence-corrected chi connectivity index (χ0v) is 18.7. The molecule has 0 saturated carbocycles. The molecule has 35 heavy (non-hydrogen) atoms. The highest BCUT2D eigenvalue weighted by Gasteiger charge is 2.30. The van der Waals surface area contributed by atoms with Gasteiger partial charge in [-0.1, -0.05) is 6.07 Å². The van der Waals surface area contributed by atoms with Crippen molar-refractivity contribution in [2.24, 2.45) is 5.84 Å². The number of piperazine rings is 1. The van der Waals surface area contributed by atoms with Crippen molar-refractivity contribution in [1.82, 2.24) is 15.2 Å². The van der Waals surface area contributed by atoms with Gasteiger partial charge < -0.3 is 16.0 Å². The Labute approximate surface area is 199 Å². The van der Waals surface area contributed by atoms with E-state index in [1.54, 1.807) is 24.3 Å². The Balaban J connectivity index is 1.43. The summed E-state index contributed by atoms with van der Waals surface area (Å²) in [5.41, 5.74) is 2.15. The molecule has 4 amide bonds. The third-order valence-corrected chi connectivity index (χ3v) is 5.23.